The van der Waals surface area contributed by atoms with Crippen LogP contribution in [0.2, 0.25) is 0 Å². The standard InChI is InChI=1S/C21H25N3O4/c1-27-18-9-14-7-8-23(12-16(14)10-19(18)28-2)21(26)13-24-20(25)11-15-5-3-4-6-17(15)22-24/h9-11H,3-8,12-13H2,1-2H3. The summed E-state index contributed by atoms with van der Waals surface area (Å²) in [4.78, 5) is 27.0. The fourth-order valence-electron chi connectivity index (χ4n) is 4.04. The van der Waals surface area contributed by atoms with Crippen LogP contribution in [-0.4, -0.2) is 41.4 Å². The predicted molar refractivity (Wildman–Crippen MR) is 104 cm³/mol. The molecule has 2 heterocycles. The Labute approximate surface area is 163 Å². The average Bonchev–Trinajstić information content (AvgIpc) is 2.72. The van der Waals surface area contributed by atoms with E-state index in [-0.39, 0.29) is 18.0 Å². The number of hydrogen-bond acceptors (Lipinski definition) is 5. The van der Waals surface area contributed by atoms with Gasteiger partial charge in [-0.05, 0) is 60.9 Å². The molecule has 0 saturated carbocycles. The van der Waals surface area contributed by atoms with Gasteiger partial charge in [-0.15, -0.1) is 0 Å². The minimum absolute atomic E-state index is 0.0191. The van der Waals surface area contributed by atoms with E-state index in [2.05, 4.69) is 5.10 Å². The maximum atomic E-state index is 12.8. The van der Waals surface area contributed by atoms with Crippen molar-refractivity contribution >= 4 is 5.91 Å². The number of carbonyl (C=O) groups is 1. The predicted octanol–water partition coefficient (Wildman–Crippen LogP) is 1.72. The highest BCUT2D eigenvalue weighted by Gasteiger charge is 2.24. The molecule has 148 valence electrons. The first-order chi connectivity index (χ1) is 13.6. The topological polar surface area (TPSA) is 73.7 Å². The van der Waals surface area contributed by atoms with Gasteiger partial charge in [0.25, 0.3) is 5.56 Å². The number of benzene rings is 1. The molecule has 0 atom stereocenters. The Bertz CT molecular complexity index is 967. The molecule has 2 aliphatic rings. The third kappa shape index (κ3) is 3.48. The van der Waals surface area contributed by atoms with Crippen LogP contribution in [0.3, 0.4) is 0 Å². The molecular weight excluding hydrogens is 358 g/mol. The lowest BCUT2D eigenvalue weighted by Gasteiger charge is -2.30. The lowest BCUT2D eigenvalue weighted by molar-refractivity contribution is -0.133. The highest BCUT2D eigenvalue weighted by Crippen LogP contribution is 2.33. The second-order valence-corrected chi connectivity index (χ2v) is 7.36. The number of rotatable bonds is 4. The van der Waals surface area contributed by atoms with E-state index in [0.717, 1.165) is 54.5 Å². The Kier molecular flexibility index (Phi) is 5.07. The number of methoxy groups -OCH3 is 2. The van der Waals surface area contributed by atoms with Crippen LogP contribution in [0.25, 0.3) is 0 Å². The van der Waals surface area contributed by atoms with Gasteiger partial charge in [0.05, 0.1) is 19.9 Å². The third-order valence-electron chi connectivity index (χ3n) is 5.63. The van der Waals surface area contributed by atoms with Gasteiger partial charge in [-0.2, -0.15) is 5.10 Å². The molecule has 0 radical (unpaired) electrons. The second-order valence-electron chi connectivity index (χ2n) is 7.36. The molecule has 7 heteroatoms. The van der Waals surface area contributed by atoms with Crippen LogP contribution in [0.4, 0.5) is 0 Å². The number of amides is 1. The van der Waals surface area contributed by atoms with E-state index in [1.54, 1.807) is 25.2 Å². The summed E-state index contributed by atoms with van der Waals surface area (Å²) < 4.78 is 12.1. The van der Waals surface area contributed by atoms with Crippen molar-refractivity contribution in [2.75, 3.05) is 20.8 Å². The summed E-state index contributed by atoms with van der Waals surface area (Å²) in [6.07, 6.45) is 4.70. The van der Waals surface area contributed by atoms with Crippen molar-refractivity contribution in [2.45, 2.75) is 45.2 Å². The van der Waals surface area contributed by atoms with Crippen LogP contribution in [0.5, 0.6) is 11.5 Å². The van der Waals surface area contributed by atoms with Crippen LogP contribution in [-0.2, 0) is 37.1 Å². The Morgan fingerprint density at radius 3 is 2.46 bits per heavy atom. The molecule has 1 amide bonds. The van der Waals surface area contributed by atoms with Gasteiger partial charge in [0.2, 0.25) is 5.91 Å². The van der Waals surface area contributed by atoms with Gasteiger partial charge < -0.3 is 14.4 Å². The van der Waals surface area contributed by atoms with Gasteiger partial charge in [0.1, 0.15) is 6.54 Å². The number of aromatic nitrogens is 2. The summed E-state index contributed by atoms with van der Waals surface area (Å²) >= 11 is 0. The fourth-order valence-corrected chi connectivity index (χ4v) is 4.04. The first-order valence-corrected chi connectivity index (χ1v) is 9.70. The normalized spacial score (nSPS) is 15.6. The summed E-state index contributed by atoms with van der Waals surface area (Å²) in [5.41, 5.74) is 4.00. The van der Waals surface area contributed by atoms with Gasteiger partial charge in [0, 0.05) is 19.2 Å². The van der Waals surface area contributed by atoms with Gasteiger partial charge in [0.15, 0.2) is 11.5 Å². The SMILES string of the molecule is COc1cc2c(cc1OC)CN(C(=O)Cn1nc3c(cc1=O)CCCC3)CC2. The Morgan fingerprint density at radius 1 is 1.00 bits per heavy atom. The Morgan fingerprint density at radius 2 is 1.71 bits per heavy atom. The zero-order valence-corrected chi connectivity index (χ0v) is 16.4. The molecule has 4 rings (SSSR count). The molecule has 7 nitrogen and oxygen atoms in total. The number of fused-ring (bicyclic) bond motifs is 2. The van der Waals surface area contributed by atoms with Crippen LogP contribution in [0, 0.1) is 0 Å². The molecule has 0 spiro atoms. The molecular formula is C21H25N3O4. The zero-order chi connectivity index (χ0) is 19.7. The molecule has 1 aromatic heterocycles. The van der Waals surface area contributed by atoms with Gasteiger partial charge in [-0.3, -0.25) is 9.59 Å². The van der Waals surface area contributed by atoms with Crippen LogP contribution < -0.4 is 15.0 Å². The number of nitrogens with zero attached hydrogens (tertiary/aromatic N) is 3. The summed E-state index contributed by atoms with van der Waals surface area (Å²) in [6.45, 7) is 1.09. The van der Waals surface area contributed by atoms with E-state index < -0.39 is 0 Å². The molecule has 0 fully saturated rings. The molecule has 1 aromatic carbocycles. The summed E-state index contributed by atoms with van der Waals surface area (Å²) in [7, 11) is 3.22. The molecule has 1 aliphatic carbocycles. The fraction of sp³-hybridized carbons (Fsp3) is 0.476. The van der Waals surface area contributed by atoms with E-state index in [1.807, 2.05) is 12.1 Å². The molecule has 0 saturated heterocycles. The van der Waals surface area contributed by atoms with E-state index in [1.165, 1.54) is 4.68 Å². The van der Waals surface area contributed by atoms with Crippen LogP contribution >= 0.6 is 0 Å². The molecule has 0 unspecified atom stereocenters. The Hall–Kier alpha value is -2.83. The van der Waals surface area contributed by atoms with Crippen molar-refractivity contribution in [3.63, 3.8) is 0 Å². The highest BCUT2D eigenvalue weighted by molar-refractivity contribution is 5.76. The number of carbonyl (C=O) groups excluding carboxylic acids is 1. The van der Waals surface area contributed by atoms with E-state index in [9.17, 15) is 9.59 Å². The number of ether oxygens (including phenoxy) is 2. The lowest BCUT2D eigenvalue weighted by Crippen LogP contribution is -2.40. The minimum atomic E-state index is -0.196. The average molecular weight is 383 g/mol. The van der Waals surface area contributed by atoms with Gasteiger partial charge in [-0.25, -0.2) is 4.68 Å². The Balaban J connectivity index is 1.52. The van der Waals surface area contributed by atoms with Crippen molar-refractivity contribution < 1.29 is 14.3 Å². The smallest absolute Gasteiger partial charge is 0.267 e. The minimum Gasteiger partial charge on any atom is -0.493 e. The summed E-state index contributed by atoms with van der Waals surface area (Å²) in [6, 6.07) is 5.56. The van der Waals surface area contributed by atoms with E-state index >= 15 is 0 Å². The van der Waals surface area contributed by atoms with Crippen molar-refractivity contribution in [2.24, 2.45) is 0 Å². The maximum absolute atomic E-state index is 12.8. The molecule has 2 aromatic rings. The monoisotopic (exact) mass is 383 g/mol. The largest absolute Gasteiger partial charge is 0.493 e. The molecule has 0 N–H and O–H groups in total. The quantitative estimate of drug-likeness (QED) is 0.804. The van der Waals surface area contributed by atoms with Crippen molar-refractivity contribution in [3.8, 4) is 11.5 Å². The van der Waals surface area contributed by atoms with Crippen molar-refractivity contribution in [1.29, 1.82) is 0 Å². The lowest BCUT2D eigenvalue weighted by atomic mass is 9.97. The van der Waals surface area contributed by atoms with Crippen molar-refractivity contribution in [1.82, 2.24) is 14.7 Å². The van der Waals surface area contributed by atoms with Gasteiger partial charge >= 0.3 is 0 Å². The van der Waals surface area contributed by atoms with Gasteiger partial charge in [-0.1, -0.05) is 0 Å². The zero-order valence-electron chi connectivity index (χ0n) is 16.4. The van der Waals surface area contributed by atoms with E-state index in [4.69, 9.17) is 9.47 Å². The van der Waals surface area contributed by atoms with E-state index in [0.29, 0.717) is 24.6 Å². The molecule has 0 bridgehead atoms. The summed E-state index contributed by atoms with van der Waals surface area (Å²) in [5, 5.41) is 4.46. The number of aryl methyl sites for hydroxylation is 2. The number of hydrogen-bond donors (Lipinski definition) is 0. The van der Waals surface area contributed by atoms with Crippen molar-refractivity contribution in [3.05, 3.63) is 50.9 Å². The maximum Gasteiger partial charge on any atom is 0.267 e. The van der Waals surface area contributed by atoms with Crippen LogP contribution in [0.15, 0.2) is 23.0 Å². The third-order valence-corrected chi connectivity index (χ3v) is 5.63. The highest BCUT2D eigenvalue weighted by atomic mass is 16.5. The van der Waals surface area contributed by atoms with Crippen LogP contribution in [0.1, 0.15) is 35.2 Å². The molecule has 1 aliphatic heterocycles. The first-order valence-electron chi connectivity index (χ1n) is 9.70. The second kappa shape index (κ2) is 7.66. The summed E-state index contributed by atoms with van der Waals surface area (Å²) in [5.74, 6) is 1.26. The molecule has 28 heavy (non-hydrogen) atoms. The first kappa shape index (κ1) is 18.5.